The highest BCUT2D eigenvalue weighted by Gasteiger charge is 2.08. The first-order chi connectivity index (χ1) is 16.6. The third-order valence-electron chi connectivity index (χ3n) is 5.19. The lowest BCUT2D eigenvalue weighted by Gasteiger charge is -2.12. The molecule has 34 heavy (non-hydrogen) atoms. The number of hydrogen-bond acceptors (Lipinski definition) is 5. The molecular weight excluding hydrogens is 432 g/mol. The van der Waals surface area contributed by atoms with E-state index in [1.165, 1.54) is 4.68 Å². The zero-order valence-electron chi connectivity index (χ0n) is 19.1. The smallest absolute Gasteiger partial charge is 0.279 e. The van der Waals surface area contributed by atoms with Crippen LogP contribution in [0.15, 0.2) is 77.6 Å². The molecule has 0 aliphatic rings. The second-order valence-corrected chi connectivity index (χ2v) is 7.41. The maximum absolute atomic E-state index is 12.9. The lowest BCUT2D eigenvalue weighted by atomic mass is 10.1. The molecule has 0 fully saturated rings. The number of nitrogens with one attached hydrogen (secondary N) is 1. The summed E-state index contributed by atoms with van der Waals surface area (Å²) in [6.45, 7) is 4.70. The van der Waals surface area contributed by atoms with E-state index in [1.54, 1.807) is 20.3 Å². The molecule has 0 aliphatic heterocycles. The fraction of sp³-hybridized carbons (Fsp3) is 0.148. The summed E-state index contributed by atoms with van der Waals surface area (Å²) in [7, 11) is 3.20. The monoisotopic (exact) mass is 458 g/mol. The highest BCUT2D eigenvalue weighted by Crippen LogP contribution is 2.28. The predicted molar refractivity (Wildman–Crippen MR) is 132 cm³/mol. The highest BCUT2D eigenvalue weighted by molar-refractivity contribution is 5.56. The molecule has 0 amide bonds. The summed E-state index contributed by atoms with van der Waals surface area (Å²) in [4.78, 5) is 12.9. The standard InChI is InChI=1S/C27H26N2O5/c1-19-24(27(30)29(28-19)21-7-5-4-6-8-21)17-20-9-14-25(26(18-20)32-3)34-16-15-33-23-12-10-22(31-2)11-13-23/h4-14,17-18,28H,1,15-16H2,2-3H3/b24-17-. The maximum atomic E-state index is 12.9. The van der Waals surface area contributed by atoms with Crippen molar-refractivity contribution in [2.24, 2.45) is 0 Å². The van der Waals surface area contributed by atoms with Gasteiger partial charge in [0.25, 0.3) is 5.56 Å². The average Bonchev–Trinajstić information content (AvgIpc) is 3.16. The lowest BCUT2D eigenvalue weighted by Crippen LogP contribution is -2.33. The van der Waals surface area contributed by atoms with E-state index >= 15 is 0 Å². The predicted octanol–water partition coefficient (Wildman–Crippen LogP) is 2.88. The molecule has 0 saturated carbocycles. The molecule has 1 heterocycles. The van der Waals surface area contributed by atoms with Gasteiger partial charge in [-0.1, -0.05) is 30.8 Å². The van der Waals surface area contributed by atoms with Crippen molar-refractivity contribution in [1.29, 1.82) is 0 Å². The van der Waals surface area contributed by atoms with Crippen molar-refractivity contribution in [3.8, 4) is 28.7 Å². The van der Waals surface area contributed by atoms with Crippen molar-refractivity contribution in [2.75, 3.05) is 27.4 Å². The summed E-state index contributed by atoms with van der Waals surface area (Å²) < 4.78 is 23.6. The van der Waals surface area contributed by atoms with Crippen LogP contribution in [0.1, 0.15) is 5.56 Å². The minimum Gasteiger partial charge on any atom is -0.497 e. The molecule has 3 aromatic carbocycles. The molecule has 0 atom stereocenters. The van der Waals surface area contributed by atoms with Crippen molar-refractivity contribution < 1.29 is 18.9 Å². The van der Waals surface area contributed by atoms with Crippen LogP contribution in [0.25, 0.3) is 18.3 Å². The van der Waals surface area contributed by atoms with Gasteiger partial charge in [-0.15, -0.1) is 0 Å². The van der Waals surface area contributed by atoms with Crippen LogP contribution >= 0.6 is 0 Å². The van der Waals surface area contributed by atoms with Gasteiger partial charge in [-0.3, -0.25) is 9.89 Å². The molecule has 1 aromatic heterocycles. The number of rotatable bonds is 9. The van der Waals surface area contributed by atoms with Gasteiger partial charge in [-0.2, -0.15) is 0 Å². The number of ether oxygens (including phenoxy) is 4. The molecule has 0 saturated heterocycles. The number of aromatic amines is 1. The molecule has 0 bridgehead atoms. The van der Waals surface area contributed by atoms with Gasteiger partial charge in [0.05, 0.1) is 30.5 Å². The van der Waals surface area contributed by atoms with Crippen LogP contribution in [0, 0.1) is 0 Å². The van der Waals surface area contributed by atoms with Crippen molar-refractivity contribution >= 4 is 12.7 Å². The first-order valence-corrected chi connectivity index (χ1v) is 10.7. The fourth-order valence-corrected chi connectivity index (χ4v) is 3.45. The molecule has 0 radical (unpaired) electrons. The Balaban J connectivity index is 1.47. The zero-order valence-corrected chi connectivity index (χ0v) is 19.1. The Morgan fingerprint density at radius 3 is 2.26 bits per heavy atom. The largest absolute Gasteiger partial charge is 0.497 e. The summed E-state index contributed by atoms with van der Waals surface area (Å²) in [6, 6.07) is 22.2. The number of nitrogens with zero attached hydrogens (tertiary/aromatic N) is 1. The lowest BCUT2D eigenvalue weighted by molar-refractivity contribution is 0.211. The molecule has 7 heteroatoms. The minimum atomic E-state index is -0.175. The molecule has 7 nitrogen and oxygen atoms in total. The van der Waals surface area contributed by atoms with E-state index in [4.69, 9.17) is 18.9 Å². The van der Waals surface area contributed by atoms with E-state index in [2.05, 4.69) is 11.7 Å². The van der Waals surface area contributed by atoms with Gasteiger partial charge in [0.15, 0.2) is 11.5 Å². The van der Waals surface area contributed by atoms with Crippen LogP contribution in [0.5, 0.6) is 23.0 Å². The van der Waals surface area contributed by atoms with E-state index in [-0.39, 0.29) is 5.56 Å². The van der Waals surface area contributed by atoms with Gasteiger partial charge in [-0.05, 0) is 60.2 Å². The van der Waals surface area contributed by atoms with E-state index in [0.29, 0.717) is 35.3 Å². The Kier molecular flexibility index (Phi) is 7.03. The Labute approximate surface area is 197 Å². The normalized spacial score (nSPS) is 11.3. The number of para-hydroxylation sites is 1. The molecule has 174 valence electrons. The van der Waals surface area contributed by atoms with Crippen molar-refractivity contribution in [3.05, 3.63) is 99.3 Å². The van der Waals surface area contributed by atoms with Crippen LogP contribution in [0.4, 0.5) is 0 Å². The Morgan fingerprint density at radius 2 is 1.56 bits per heavy atom. The highest BCUT2D eigenvalue weighted by atomic mass is 16.5. The van der Waals surface area contributed by atoms with E-state index in [0.717, 1.165) is 22.7 Å². The third kappa shape index (κ3) is 5.15. The first-order valence-electron chi connectivity index (χ1n) is 10.7. The Bertz CT molecular complexity index is 1410. The molecule has 0 spiro atoms. The zero-order chi connectivity index (χ0) is 23.9. The second-order valence-electron chi connectivity index (χ2n) is 7.41. The van der Waals surface area contributed by atoms with Crippen LogP contribution < -0.4 is 35.1 Å². The number of hydrogen-bond donors (Lipinski definition) is 1. The van der Waals surface area contributed by atoms with Crippen LogP contribution in [0.2, 0.25) is 0 Å². The Hall–Kier alpha value is -4.39. The summed E-state index contributed by atoms with van der Waals surface area (Å²) in [5.41, 5.74) is 1.36. The summed E-state index contributed by atoms with van der Waals surface area (Å²) in [5.74, 6) is 2.65. The molecule has 0 unspecified atom stereocenters. The quantitative estimate of drug-likeness (QED) is 0.391. The molecular formula is C27H26N2O5. The molecule has 4 aromatic rings. The van der Waals surface area contributed by atoms with E-state index < -0.39 is 0 Å². The Morgan fingerprint density at radius 1 is 0.853 bits per heavy atom. The SMILES string of the molecule is C=c1[nH]n(-c2ccccc2)c(=O)/c1=C\c1ccc(OCCOc2ccc(OC)cc2)c(OC)c1. The van der Waals surface area contributed by atoms with Gasteiger partial charge in [0, 0.05) is 0 Å². The average molecular weight is 459 g/mol. The van der Waals surface area contributed by atoms with Crippen LogP contribution in [0.3, 0.4) is 0 Å². The molecule has 1 N–H and O–H groups in total. The van der Waals surface area contributed by atoms with Crippen molar-refractivity contribution in [2.45, 2.75) is 0 Å². The van der Waals surface area contributed by atoms with Gasteiger partial charge in [0.2, 0.25) is 0 Å². The number of methoxy groups -OCH3 is 2. The number of H-pyrrole nitrogens is 1. The third-order valence-corrected chi connectivity index (χ3v) is 5.19. The summed E-state index contributed by atoms with van der Waals surface area (Å²) in [5, 5.41) is 4.04. The summed E-state index contributed by atoms with van der Waals surface area (Å²) in [6.07, 6.45) is 1.78. The van der Waals surface area contributed by atoms with Crippen LogP contribution in [-0.2, 0) is 0 Å². The first kappa shape index (κ1) is 22.8. The molecule has 0 aliphatic carbocycles. The van der Waals surface area contributed by atoms with E-state index in [9.17, 15) is 4.79 Å². The van der Waals surface area contributed by atoms with Gasteiger partial charge in [-0.25, -0.2) is 4.68 Å². The van der Waals surface area contributed by atoms with Crippen LogP contribution in [-0.4, -0.2) is 37.2 Å². The maximum Gasteiger partial charge on any atom is 0.279 e. The topological polar surface area (TPSA) is 74.7 Å². The van der Waals surface area contributed by atoms with Crippen molar-refractivity contribution in [3.63, 3.8) is 0 Å². The number of aromatic nitrogens is 2. The van der Waals surface area contributed by atoms with Crippen molar-refractivity contribution in [1.82, 2.24) is 9.78 Å². The number of benzene rings is 3. The summed E-state index contributed by atoms with van der Waals surface area (Å²) >= 11 is 0. The minimum absolute atomic E-state index is 0.175. The fourth-order valence-electron chi connectivity index (χ4n) is 3.45. The van der Waals surface area contributed by atoms with Gasteiger partial charge >= 0.3 is 0 Å². The van der Waals surface area contributed by atoms with Gasteiger partial charge in [0.1, 0.15) is 24.7 Å². The molecule has 4 rings (SSSR count). The second kappa shape index (κ2) is 10.5. The van der Waals surface area contributed by atoms with E-state index in [1.807, 2.05) is 72.8 Å². The van der Waals surface area contributed by atoms with Gasteiger partial charge < -0.3 is 18.9 Å².